The van der Waals surface area contributed by atoms with Gasteiger partial charge in [0.15, 0.2) is 0 Å². The highest BCUT2D eigenvalue weighted by molar-refractivity contribution is 5.81. The first kappa shape index (κ1) is 26.9. The van der Waals surface area contributed by atoms with Gasteiger partial charge in [-0.1, -0.05) is 47.2 Å². The van der Waals surface area contributed by atoms with E-state index in [2.05, 4.69) is 33.3 Å². The molecule has 2 heterocycles. The van der Waals surface area contributed by atoms with Crippen molar-refractivity contribution in [3.05, 3.63) is 65.4 Å². The number of carbonyl (C=O) groups excluding carboxylic acids is 1. The smallest absolute Gasteiger partial charge is 0.338 e. The van der Waals surface area contributed by atoms with Gasteiger partial charge in [-0.2, -0.15) is 18.2 Å². The van der Waals surface area contributed by atoms with Gasteiger partial charge >= 0.3 is 6.18 Å². The Bertz CT molecular complexity index is 1020. The summed E-state index contributed by atoms with van der Waals surface area (Å²) < 4.78 is 44.3. The van der Waals surface area contributed by atoms with Gasteiger partial charge < -0.3 is 4.52 Å². The summed E-state index contributed by atoms with van der Waals surface area (Å²) in [6.45, 7) is 4.96. The summed E-state index contributed by atoms with van der Waals surface area (Å²) in [6.07, 6.45) is 13.5. The topological polar surface area (TPSA) is 59.2 Å². The average Bonchev–Trinajstić information content (AvgIpc) is 3.12. The number of Topliss-reactive ketones (excluding diaryl/α,β-unsaturated/α-hetero) is 1. The van der Waals surface area contributed by atoms with E-state index in [-0.39, 0.29) is 11.7 Å². The molecule has 0 saturated carbocycles. The second kappa shape index (κ2) is 12.8. The first-order valence-electron chi connectivity index (χ1n) is 12.3. The van der Waals surface area contributed by atoms with Crippen LogP contribution in [-0.4, -0.2) is 40.1 Å². The lowest BCUT2D eigenvalue weighted by molar-refractivity contribution is -0.124. The summed E-state index contributed by atoms with van der Waals surface area (Å²) in [7, 11) is 0. The largest absolute Gasteiger partial charge is 0.416 e. The number of aromatic nitrogens is 2. The molecule has 1 aromatic heterocycles. The van der Waals surface area contributed by atoms with Crippen LogP contribution < -0.4 is 0 Å². The van der Waals surface area contributed by atoms with Gasteiger partial charge in [0.1, 0.15) is 5.78 Å². The zero-order valence-electron chi connectivity index (χ0n) is 20.5. The van der Waals surface area contributed by atoms with Crippen molar-refractivity contribution in [3.63, 3.8) is 0 Å². The Labute approximate surface area is 205 Å². The van der Waals surface area contributed by atoms with Gasteiger partial charge in [0.25, 0.3) is 0 Å². The van der Waals surface area contributed by atoms with Gasteiger partial charge in [-0.25, -0.2) is 0 Å². The van der Waals surface area contributed by atoms with Crippen molar-refractivity contribution in [2.24, 2.45) is 5.92 Å². The molecule has 0 N–H and O–H groups in total. The van der Waals surface area contributed by atoms with E-state index < -0.39 is 11.7 Å². The second-order valence-corrected chi connectivity index (χ2v) is 8.99. The third kappa shape index (κ3) is 8.16. The number of likely N-dealkylation sites (tertiary alicyclic amines) is 1. The van der Waals surface area contributed by atoms with Crippen molar-refractivity contribution in [1.29, 1.82) is 0 Å². The fourth-order valence-corrected chi connectivity index (χ4v) is 4.43. The van der Waals surface area contributed by atoms with E-state index in [9.17, 15) is 18.0 Å². The van der Waals surface area contributed by atoms with E-state index >= 15 is 0 Å². The third-order valence-electron chi connectivity index (χ3n) is 6.44. The number of piperidine rings is 1. The Morgan fingerprint density at radius 2 is 2.03 bits per heavy atom. The average molecular weight is 490 g/mol. The first-order chi connectivity index (χ1) is 16.8. The Morgan fingerprint density at radius 1 is 1.20 bits per heavy atom. The lowest BCUT2D eigenvalue weighted by Gasteiger charge is -2.30. The van der Waals surface area contributed by atoms with Crippen molar-refractivity contribution in [3.8, 4) is 0 Å². The molecule has 0 aromatic carbocycles. The molecule has 1 fully saturated rings. The van der Waals surface area contributed by atoms with Crippen LogP contribution >= 0.6 is 0 Å². The Balaban J connectivity index is 1.55. The van der Waals surface area contributed by atoms with Crippen molar-refractivity contribution < 1.29 is 22.5 Å². The van der Waals surface area contributed by atoms with E-state index in [0.29, 0.717) is 36.8 Å². The number of carbonyl (C=O) groups is 1. The number of halogens is 3. The summed E-state index contributed by atoms with van der Waals surface area (Å²) in [5.74, 6) is 0.939. The maximum Gasteiger partial charge on any atom is 0.416 e. The normalized spacial score (nSPS) is 20.8. The summed E-state index contributed by atoms with van der Waals surface area (Å²) in [5, 5.41) is 3.95. The van der Waals surface area contributed by atoms with Crippen LogP contribution in [0.25, 0.3) is 5.57 Å². The van der Waals surface area contributed by atoms with Gasteiger partial charge in [0, 0.05) is 24.5 Å². The van der Waals surface area contributed by atoms with Gasteiger partial charge in [0.2, 0.25) is 11.7 Å². The maximum absolute atomic E-state index is 13.0. The molecule has 5 nitrogen and oxygen atoms in total. The standard InChI is InChI=1S/C27H34F3N3O2/c1-3-21(14-15-23(4-2)27(28,29)30)26-31-25(35-32-26)19-33-17-9-12-22(18-33)24(34)16-13-20-10-7-5-6-8-11-20/h3-5,7,11,14-15,22H,6,8-10,12-13,16-19H2,1-2H3. The van der Waals surface area contributed by atoms with E-state index in [1.165, 1.54) is 18.6 Å². The van der Waals surface area contributed by atoms with E-state index in [1.807, 2.05) is 0 Å². The molecule has 1 aliphatic heterocycles. The minimum atomic E-state index is -4.42. The molecule has 3 rings (SSSR count). The molecule has 0 amide bonds. The second-order valence-electron chi connectivity index (χ2n) is 8.99. The van der Waals surface area contributed by atoms with Crippen molar-refractivity contribution >= 4 is 11.4 Å². The number of rotatable bonds is 9. The number of nitrogens with zero attached hydrogens (tertiary/aromatic N) is 3. The molecule has 1 unspecified atom stereocenters. The minimum absolute atomic E-state index is 0.00344. The quantitative estimate of drug-likeness (QED) is 0.283. The van der Waals surface area contributed by atoms with Crippen LogP contribution in [0.3, 0.4) is 0 Å². The van der Waals surface area contributed by atoms with Crippen LogP contribution in [0, 0.1) is 5.92 Å². The van der Waals surface area contributed by atoms with E-state index in [1.54, 1.807) is 13.0 Å². The molecule has 190 valence electrons. The number of ketones is 1. The molecule has 1 saturated heterocycles. The summed E-state index contributed by atoms with van der Waals surface area (Å²) >= 11 is 0. The summed E-state index contributed by atoms with van der Waals surface area (Å²) in [6, 6.07) is 0. The Kier molecular flexibility index (Phi) is 9.83. The molecular weight excluding hydrogens is 455 g/mol. The van der Waals surface area contributed by atoms with Crippen LogP contribution in [0.5, 0.6) is 0 Å². The first-order valence-corrected chi connectivity index (χ1v) is 12.3. The van der Waals surface area contributed by atoms with Crippen LogP contribution in [-0.2, 0) is 11.3 Å². The number of allylic oxidation sites excluding steroid dienone is 10. The third-order valence-corrected chi connectivity index (χ3v) is 6.44. The van der Waals surface area contributed by atoms with Gasteiger partial charge in [-0.05, 0) is 65.0 Å². The van der Waals surface area contributed by atoms with E-state index in [4.69, 9.17) is 4.52 Å². The van der Waals surface area contributed by atoms with Gasteiger partial charge in [-0.15, -0.1) is 0 Å². The Morgan fingerprint density at radius 3 is 2.77 bits per heavy atom. The molecular formula is C27H34F3N3O2. The summed E-state index contributed by atoms with van der Waals surface area (Å²) in [4.78, 5) is 19.4. The molecule has 2 aliphatic rings. The molecule has 0 spiro atoms. The predicted octanol–water partition coefficient (Wildman–Crippen LogP) is 6.77. The Hall–Kier alpha value is -2.74. The molecule has 35 heavy (non-hydrogen) atoms. The SMILES string of the molecule is CC=C(C=CC(=CC)C(F)(F)F)c1noc(CN2CCCC(C(=O)CCC3=CCCC=CC3)C2)n1. The molecule has 8 heteroatoms. The molecule has 1 aliphatic carbocycles. The van der Waals surface area contributed by atoms with Crippen molar-refractivity contribution in [2.45, 2.75) is 71.5 Å². The monoisotopic (exact) mass is 489 g/mol. The van der Waals surface area contributed by atoms with Crippen LogP contribution in [0.1, 0.15) is 70.5 Å². The minimum Gasteiger partial charge on any atom is -0.338 e. The van der Waals surface area contributed by atoms with Gasteiger partial charge in [-0.3, -0.25) is 9.69 Å². The molecule has 0 bridgehead atoms. The fraction of sp³-hybridized carbons (Fsp3) is 0.519. The van der Waals surface area contributed by atoms with Crippen LogP contribution in [0.2, 0.25) is 0 Å². The zero-order valence-corrected chi connectivity index (χ0v) is 20.5. The highest BCUT2D eigenvalue weighted by Gasteiger charge is 2.31. The zero-order chi connectivity index (χ0) is 25.3. The molecule has 0 radical (unpaired) electrons. The van der Waals surface area contributed by atoms with Gasteiger partial charge in [0.05, 0.1) is 12.1 Å². The number of hydrogen-bond donors (Lipinski definition) is 0. The van der Waals surface area contributed by atoms with E-state index in [0.717, 1.165) is 57.2 Å². The lowest BCUT2D eigenvalue weighted by atomic mass is 9.90. The highest BCUT2D eigenvalue weighted by Crippen LogP contribution is 2.28. The molecule has 1 aromatic rings. The van der Waals surface area contributed by atoms with Crippen LogP contribution in [0.15, 0.2) is 58.2 Å². The number of hydrogen-bond acceptors (Lipinski definition) is 5. The highest BCUT2D eigenvalue weighted by atomic mass is 19.4. The summed E-state index contributed by atoms with van der Waals surface area (Å²) in [5.41, 5.74) is 1.05. The lowest BCUT2D eigenvalue weighted by Crippen LogP contribution is -2.38. The molecule has 1 atom stereocenters. The maximum atomic E-state index is 13.0. The van der Waals surface area contributed by atoms with Crippen molar-refractivity contribution in [1.82, 2.24) is 15.0 Å². The number of alkyl halides is 3. The van der Waals surface area contributed by atoms with Crippen molar-refractivity contribution in [2.75, 3.05) is 13.1 Å². The fourth-order valence-electron chi connectivity index (χ4n) is 4.43. The predicted molar refractivity (Wildman–Crippen MR) is 130 cm³/mol. The van der Waals surface area contributed by atoms with Crippen LogP contribution in [0.4, 0.5) is 13.2 Å².